The van der Waals surface area contributed by atoms with Crippen LogP contribution in [0.15, 0.2) is 0 Å². The second-order valence-corrected chi connectivity index (χ2v) is 3.93. The van der Waals surface area contributed by atoms with E-state index in [2.05, 4.69) is 0 Å². The van der Waals surface area contributed by atoms with Crippen LogP contribution in [0, 0.1) is 0 Å². The predicted molar refractivity (Wildman–Crippen MR) is 62.3 cm³/mol. The van der Waals surface area contributed by atoms with Crippen LogP contribution in [0.4, 0.5) is 0 Å². The van der Waals surface area contributed by atoms with Gasteiger partial charge in [0.15, 0.2) is 0 Å². The molecular formula is C10H19ClN2O3. The lowest BCUT2D eigenvalue weighted by Crippen LogP contribution is -2.42. The van der Waals surface area contributed by atoms with Crippen LogP contribution in [0.1, 0.15) is 26.7 Å². The average Bonchev–Trinajstić information content (AvgIpc) is 2.18. The van der Waals surface area contributed by atoms with Crippen LogP contribution in [0.5, 0.6) is 0 Å². The molecule has 1 aliphatic heterocycles. The number of hydrogen-bond acceptors (Lipinski definition) is 4. The maximum Gasteiger partial charge on any atom is 0.322 e. The topological polar surface area (TPSA) is 72.6 Å². The van der Waals surface area contributed by atoms with Crippen molar-refractivity contribution in [1.29, 1.82) is 0 Å². The molecule has 0 aromatic rings. The number of esters is 1. The molecule has 0 bridgehead atoms. The van der Waals surface area contributed by atoms with E-state index in [-0.39, 0.29) is 30.4 Å². The molecule has 1 atom stereocenters. The molecule has 16 heavy (non-hydrogen) atoms. The van der Waals surface area contributed by atoms with Crippen LogP contribution in [0.25, 0.3) is 0 Å². The van der Waals surface area contributed by atoms with Crippen molar-refractivity contribution in [3.63, 3.8) is 0 Å². The molecular weight excluding hydrogens is 232 g/mol. The van der Waals surface area contributed by atoms with E-state index in [4.69, 9.17) is 10.5 Å². The number of piperidine rings is 1. The Morgan fingerprint density at radius 2 is 1.88 bits per heavy atom. The van der Waals surface area contributed by atoms with Crippen LogP contribution >= 0.6 is 12.4 Å². The summed E-state index contributed by atoms with van der Waals surface area (Å²) in [5.41, 5.74) is 5.39. The molecule has 0 aromatic heterocycles. The van der Waals surface area contributed by atoms with Crippen LogP contribution in [0.3, 0.4) is 0 Å². The molecule has 5 nitrogen and oxygen atoms in total. The van der Waals surface area contributed by atoms with Gasteiger partial charge in [-0.3, -0.25) is 9.59 Å². The fraction of sp³-hybridized carbons (Fsp3) is 0.800. The second-order valence-electron chi connectivity index (χ2n) is 3.93. The summed E-state index contributed by atoms with van der Waals surface area (Å²) in [6, 6.07) is -0.573. The van der Waals surface area contributed by atoms with Gasteiger partial charge in [-0.1, -0.05) is 0 Å². The number of carbonyl (C=O) groups excluding carboxylic acids is 2. The molecule has 0 spiro atoms. The number of hydrogen-bond donors (Lipinski definition) is 1. The van der Waals surface area contributed by atoms with Crippen LogP contribution in [-0.4, -0.2) is 42.0 Å². The van der Waals surface area contributed by atoms with E-state index in [1.165, 1.54) is 0 Å². The minimum atomic E-state index is -0.573. The summed E-state index contributed by atoms with van der Waals surface area (Å²) in [6.45, 7) is 4.47. The lowest BCUT2D eigenvalue weighted by molar-refractivity contribution is -0.153. The summed E-state index contributed by atoms with van der Waals surface area (Å²) in [4.78, 5) is 24.0. The van der Waals surface area contributed by atoms with Gasteiger partial charge in [0.05, 0.1) is 0 Å². The molecule has 0 aromatic carbocycles. The molecule has 94 valence electrons. The molecule has 0 aliphatic carbocycles. The van der Waals surface area contributed by atoms with Crippen molar-refractivity contribution >= 4 is 24.3 Å². The Balaban J connectivity index is 0.00000225. The quantitative estimate of drug-likeness (QED) is 0.716. The van der Waals surface area contributed by atoms with Crippen molar-refractivity contribution in [3.05, 3.63) is 0 Å². The van der Waals surface area contributed by atoms with Gasteiger partial charge in [0.2, 0.25) is 5.91 Å². The summed E-state index contributed by atoms with van der Waals surface area (Å²) < 4.78 is 5.18. The maximum absolute atomic E-state index is 11.2. The number of likely N-dealkylation sites (tertiary alicyclic amines) is 1. The highest BCUT2D eigenvalue weighted by molar-refractivity contribution is 5.85. The number of halogens is 1. The van der Waals surface area contributed by atoms with E-state index >= 15 is 0 Å². The van der Waals surface area contributed by atoms with E-state index in [1.54, 1.807) is 18.7 Å². The predicted octanol–water partition coefficient (Wildman–Crippen LogP) is 0.309. The number of carbonyl (C=O) groups is 2. The van der Waals surface area contributed by atoms with Crippen molar-refractivity contribution < 1.29 is 14.3 Å². The first kappa shape index (κ1) is 15.2. The van der Waals surface area contributed by atoms with Crippen molar-refractivity contribution in [3.8, 4) is 0 Å². The van der Waals surface area contributed by atoms with Crippen molar-refractivity contribution in [2.45, 2.75) is 38.8 Å². The lowest BCUT2D eigenvalue weighted by Gasteiger charge is -2.31. The zero-order valence-corrected chi connectivity index (χ0v) is 10.5. The third kappa shape index (κ3) is 4.37. The summed E-state index contributed by atoms with van der Waals surface area (Å²) >= 11 is 0. The van der Waals surface area contributed by atoms with Crippen molar-refractivity contribution in [2.24, 2.45) is 5.73 Å². The number of ether oxygens (including phenoxy) is 1. The fourth-order valence-corrected chi connectivity index (χ4v) is 1.56. The van der Waals surface area contributed by atoms with E-state index in [1.807, 2.05) is 0 Å². The van der Waals surface area contributed by atoms with E-state index in [0.29, 0.717) is 25.9 Å². The highest BCUT2D eigenvalue weighted by Crippen LogP contribution is 2.14. The summed E-state index contributed by atoms with van der Waals surface area (Å²) in [5.74, 6) is -0.289. The summed E-state index contributed by atoms with van der Waals surface area (Å²) in [7, 11) is 0. The molecule has 0 unspecified atom stereocenters. The van der Waals surface area contributed by atoms with E-state index in [9.17, 15) is 9.59 Å². The van der Waals surface area contributed by atoms with Gasteiger partial charge in [0.1, 0.15) is 12.1 Å². The first-order valence-corrected chi connectivity index (χ1v) is 5.22. The number of nitrogens with zero attached hydrogens (tertiary/aromatic N) is 1. The largest absolute Gasteiger partial charge is 0.461 e. The third-order valence-electron chi connectivity index (χ3n) is 2.54. The number of rotatable bonds is 2. The number of nitrogens with two attached hydrogens (primary N) is 1. The fourth-order valence-electron chi connectivity index (χ4n) is 1.56. The zero-order chi connectivity index (χ0) is 11.4. The molecule has 1 aliphatic rings. The molecule has 6 heteroatoms. The van der Waals surface area contributed by atoms with Gasteiger partial charge in [-0.15, -0.1) is 12.4 Å². The normalized spacial score (nSPS) is 18.6. The smallest absolute Gasteiger partial charge is 0.322 e. The standard InChI is InChI=1S/C10H18N2O3.ClH/c1-7(11)10(14)15-9-3-5-12(6-4-9)8(2)13;/h7,9H,3-6,11H2,1-2H3;1H/t7-;/m0./s1. The SMILES string of the molecule is CC(=O)N1CCC(OC(=O)[C@H](C)N)CC1.Cl. The molecule has 1 rings (SSSR count). The minimum absolute atomic E-state index is 0. The lowest BCUT2D eigenvalue weighted by atomic mass is 10.1. The third-order valence-corrected chi connectivity index (χ3v) is 2.54. The van der Waals surface area contributed by atoms with E-state index in [0.717, 1.165) is 0 Å². The molecule has 0 radical (unpaired) electrons. The Morgan fingerprint density at radius 1 is 1.38 bits per heavy atom. The van der Waals surface area contributed by atoms with Crippen molar-refractivity contribution in [1.82, 2.24) is 4.90 Å². The van der Waals surface area contributed by atoms with Crippen LogP contribution < -0.4 is 5.73 Å². The monoisotopic (exact) mass is 250 g/mol. The maximum atomic E-state index is 11.2. The Hall–Kier alpha value is -0.810. The van der Waals surface area contributed by atoms with Gasteiger partial charge >= 0.3 is 5.97 Å². The van der Waals surface area contributed by atoms with Crippen LogP contribution in [0.2, 0.25) is 0 Å². The van der Waals surface area contributed by atoms with Gasteiger partial charge < -0.3 is 15.4 Å². The Kier molecular flexibility index (Phi) is 6.36. The Bertz CT molecular complexity index is 250. The second kappa shape index (κ2) is 6.70. The highest BCUT2D eigenvalue weighted by Gasteiger charge is 2.24. The highest BCUT2D eigenvalue weighted by atomic mass is 35.5. The average molecular weight is 251 g/mol. The molecule has 1 saturated heterocycles. The molecule has 1 fully saturated rings. The summed E-state index contributed by atoms with van der Waals surface area (Å²) in [5, 5.41) is 0. The van der Waals surface area contributed by atoms with Gasteiger partial charge in [0, 0.05) is 32.9 Å². The first-order chi connectivity index (χ1) is 7.00. The number of amides is 1. The van der Waals surface area contributed by atoms with Gasteiger partial charge in [0.25, 0.3) is 0 Å². The Labute approximate surface area is 102 Å². The Morgan fingerprint density at radius 3 is 2.25 bits per heavy atom. The van der Waals surface area contributed by atoms with Crippen LogP contribution in [-0.2, 0) is 14.3 Å². The minimum Gasteiger partial charge on any atom is -0.461 e. The molecule has 1 amide bonds. The van der Waals surface area contributed by atoms with E-state index < -0.39 is 6.04 Å². The van der Waals surface area contributed by atoms with Gasteiger partial charge in [-0.05, 0) is 6.92 Å². The first-order valence-electron chi connectivity index (χ1n) is 5.22. The molecule has 2 N–H and O–H groups in total. The zero-order valence-electron chi connectivity index (χ0n) is 9.64. The van der Waals surface area contributed by atoms with Gasteiger partial charge in [-0.2, -0.15) is 0 Å². The van der Waals surface area contributed by atoms with Gasteiger partial charge in [-0.25, -0.2) is 0 Å². The summed E-state index contributed by atoms with van der Waals surface area (Å²) in [6.07, 6.45) is 1.33. The molecule has 0 saturated carbocycles. The van der Waals surface area contributed by atoms with Crippen molar-refractivity contribution in [2.75, 3.05) is 13.1 Å². The molecule has 1 heterocycles.